The van der Waals surface area contributed by atoms with Crippen LogP contribution in [0.15, 0.2) is 34.7 Å². The zero-order valence-electron chi connectivity index (χ0n) is 16.5. The zero-order valence-corrected chi connectivity index (χ0v) is 17.3. The van der Waals surface area contributed by atoms with Gasteiger partial charge in [-0.1, -0.05) is 6.07 Å². The van der Waals surface area contributed by atoms with Crippen LogP contribution in [0.4, 0.5) is 0 Å². The third kappa shape index (κ3) is 5.79. The third-order valence-corrected chi connectivity index (χ3v) is 4.79. The van der Waals surface area contributed by atoms with Crippen LogP contribution in [0.25, 0.3) is 0 Å². The summed E-state index contributed by atoms with van der Waals surface area (Å²) in [4.78, 5) is 39.1. The fourth-order valence-electron chi connectivity index (χ4n) is 2.48. The van der Waals surface area contributed by atoms with Crippen LogP contribution in [-0.4, -0.2) is 28.5 Å². The number of thiophene rings is 1. The van der Waals surface area contributed by atoms with Gasteiger partial charge in [0, 0.05) is 35.4 Å². The van der Waals surface area contributed by atoms with Gasteiger partial charge in [-0.3, -0.25) is 14.4 Å². The molecule has 0 aliphatic heterocycles. The summed E-state index contributed by atoms with van der Waals surface area (Å²) in [6, 6.07) is 3.96. The van der Waals surface area contributed by atoms with Gasteiger partial charge < -0.3 is 15.2 Å². The maximum Gasteiger partial charge on any atom is 0.257 e. The van der Waals surface area contributed by atoms with Crippen LogP contribution < -0.4 is 16.1 Å². The number of hydrogen-bond acceptors (Lipinski definition) is 4. The second kappa shape index (κ2) is 8.52. The predicted octanol–water partition coefficient (Wildman–Crippen LogP) is 2.99. The highest BCUT2D eigenvalue weighted by atomic mass is 32.1. The molecule has 2 rings (SSSR count). The molecule has 0 atom stereocenters. The van der Waals surface area contributed by atoms with Gasteiger partial charge in [0.25, 0.3) is 11.8 Å². The molecular formula is C20H27N3O3S. The molecular weight excluding hydrogens is 362 g/mol. The van der Waals surface area contributed by atoms with Crippen molar-refractivity contribution in [3.05, 3.63) is 56.1 Å². The van der Waals surface area contributed by atoms with Crippen molar-refractivity contribution in [3.8, 4) is 0 Å². The van der Waals surface area contributed by atoms with E-state index in [-0.39, 0.29) is 17.2 Å². The molecule has 2 N–H and O–H groups in total. The third-order valence-electron chi connectivity index (χ3n) is 3.86. The van der Waals surface area contributed by atoms with Crippen molar-refractivity contribution in [2.45, 2.75) is 52.6 Å². The van der Waals surface area contributed by atoms with E-state index in [1.165, 1.54) is 12.4 Å². The number of aromatic nitrogens is 1. The van der Waals surface area contributed by atoms with Gasteiger partial charge in [-0.2, -0.15) is 0 Å². The van der Waals surface area contributed by atoms with E-state index in [0.717, 1.165) is 4.88 Å². The summed E-state index contributed by atoms with van der Waals surface area (Å²) in [5, 5.41) is 7.55. The van der Waals surface area contributed by atoms with Gasteiger partial charge in [-0.25, -0.2) is 0 Å². The molecule has 0 bridgehead atoms. The number of rotatable bonds is 6. The van der Waals surface area contributed by atoms with Crippen LogP contribution in [0, 0.1) is 0 Å². The van der Waals surface area contributed by atoms with Crippen LogP contribution >= 0.6 is 11.3 Å². The van der Waals surface area contributed by atoms with Crippen molar-refractivity contribution >= 4 is 23.2 Å². The fraction of sp³-hybridized carbons (Fsp3) is 0.450. The van der Waals surface area contributed by atoms with Gasteiger partial charge in [-0.15, -0.1) is 11.3 Å². The molecule has 2 aromatic heterocycles. The average Bonchev–Trinajstić information content (AvgIpc) is 3.06. The van der Waals surface area contributed by atoms with Crippen molar-refractivity contribution in [2.75, 3.05) is 6.54 Å². The molecule has 2 aromatic rings. The Kier molecular flexibility index (Phi) is 6.59. The van der Waals surface area contributed by atoms with E-state index in [9.17, 15) is 14.4 Å². The maximum atomic E-state index is 12.8. The highest BCUT2D eigenvalue weighted by Gasteiger charge is 2.22. The Labute approximate surface area is 163 Å². The number of hydrogen-bond donors (Lipinski definition) is 2. The monoisotopic (exact) mass is 389 g/mol. The number of carbonyl (C=O) groups excluding carboxylic acids is 2. The summed E-state index contributed by atoms with van der Waals surface area (Å²) >= 11 is 1.62. The summed E-state index contributed by atoms with van der Waals surface area (Å²) in [7, 11) is 0. The first kappa shape index (κ1) is 20.9. The van der Waals surface area contributed by atoms with Crippen molar-refractivity contribution in [1.82, 2.24) is 15.2 Å². The molecule has 0 unspecified atom stereocenters. The molecule has 0 fully saturated rings. The Bertz CT molecular complexity index is 862. The van der Waals surface area contributed by atoms with E-state index in [1.54, 1.807) is 15.9 Å². The Hall–Kier alpha value is -2.41. The lowest BCUT2D eigenvalue weighted by molar-refractivity contribution is 0.0917. The number of nitrogens with zero attached hydrogens (tertiary/aromatic N) is 1. The minimum Gasteiger partial charge on any atom is -0.352 e. The Morgan fingerprint density at radius 3 is 2.30 bits per heavy atom. The van der Waals surface area contributed by atoms with Crippen molar-refractivity contribution in [2.24, 2.45) is 0 Å². The Balaban J connectivity index is 2.27. The van der Waals surface area contributed by atoms with Gasteiger partial charge >= 0.3 is 0 Å². The first-order valence-electron chi connectivity index (χ1n) is 8.97. The molecule has 0 aliphatic rings. The molecule has 0 saturated heterocycles. The largest absolute Gasteiger partial charge is 0.352 e. The molecule has 2 heterocycles. The molecule has 0 aliphatic carbocycles. The van der Waals surface area contributed by atoms with Gasteiger partial charge in [0.15, 0.2) is 0 Å². The molecule has 146 valence electrons. The quantitative estimate of drug-likeness (QED) is 0.797. The molecule has 27 heavy (non-hydrogen) atoms. The highest BCUT2D eigenvalue weighted by molar-refractivity contribution is 7.09. The van der Waals surface area contributed by atoms with Crippen LogP contribution in [0.5, 0.6) is 0 Å². The summed E-state index contributed by atoms with van der Waals surface area (Å²) in [5.41, 5.74) is -1.08. The molecule has 0 saturated carbocycles. The topological polar surface area (TPSA) is 80.2 Å². The molecule has 0 radical (unpaired) electrons. The second-order valence-electron chi connectivity index (χ2n) is 7.75. The van der Waals surface area contributed by atoms with Crippen LogP contribution in [0.1, 0.15) is 66.3 Å². The average molecular weight is 390 g/mol. The lowest BCUT2D eigenvalue weighted by Crippen LogP contribution is -2.43. The molecule has 6 nitrogen and oxygen atoms in total. The highest BCUT2D eigenvalue weighted by Crippen LogP contribution is 2.10. The van der Waals surface area contributed by atoms with Gasteiger partial charge in [0.1, 0.15) is 11.1 Å². The van der Waals surface area contributed by atoms with E-state index >= 15 is 0 Å². The predicted molar refractivity (Wildman–Crippen MR) is 109 cm³/mol. The standard InChI is InChI=1S/C20H27N3O3S/c1-13(2)23-11-15(18(25)21-9-8-14-7-6-10-27-14)17(24)16(12-23)19(26)22-20(3,4)5/h6-7,10-13H,8-9H2,1-5H3,(H,21,25)(H,22,26). The van der Waals surface area contributed by atoms with Gasteiger partial charge in [0.05, 0.1) is 0 Å². The number of amides is 2. The van der Waals surface area contributed by atoms with Crippen molar-refractivity contribution < 1.29 is 9.59 Å². The zero-order chi connectivity index (χ0) is 20.2. The van der Waals surface area contributed by atoms with Crippen LogP contribution in [0.3, 0.4) is 0 Å². The number of carbonyl (C=O) groups is 2. The first-order chi connectivity index (χ1) is 12.6. The number of nitrogens with one attached hydrogen (secondary N) is 2. The van der Waals surface area contributed by atoms with E-state index in [0.29, 0.717) is 13.0 Å². The van der Waals surface area contributed by atoms with E-state index < -0.39 is 22.8 Å². The van der Waals surface area contributed by atoms with E-state index in [4.69, 9.17) is 0 Å². The SMILES string of the molecule is CC(C)n1cc(C(=O)NCCc2cccs2)c(=O)c(C(=O)NC(C)(C)C)c1. The van der Waals surface area contributed by atoms with Gasteiger partial charge in [-0.05, 0) is 52.5 Å². The maximum absolute atomic E-state index is 12.8. The normalized spacial score (nSPS) is 11.5. The second-order valence-corrected chi connectivity index (χ2v) is 8.78. The molecule has 2 amide bonds. The molecule has 7 heteroatoms. The Morgan fingerprint density at radius 1 is 1.15 bits per heavy atom. The molecule has 0 aromatic carbocycles. The van der Waals surface area contributed by atoms with Crippen molar-refractivity contribution in [3.63, 3.8) is 0 Å². The summed E-state index contributed by atoms with van der Waals surface area (Å²) in [6.45, 7) is 9.80. The lowest BCUT2D eigenvalue weighted by atomic mass is 10.1. The van der Waals surface area contributed by atoms with E-state index in [1.807, 2.05) is 52.1 Å². The summed E-state index contributed by atoms with van der Waals surface area (Å²) < 4.78 is 1.72. The molecule has 0 spiro atoms. The van der Waals surface area contributed by atoms with E-state index in [2.05, 4.69) is 10.6 Å². The minimum atomic E-state index is -0.553. The summed E-state index contributed by atoms with van der Waals surface area (Å²) in [5.74, 6) is -0.938. The summed E-state index contributed by atoms with van der Waals surface area (Å²) in [6.07, 6.45) is 3.73. The van der Waals surface area contributed by atoms with Crippen molar-refractivity contribution in [1.29, 1.82) is 0 Å². The minimum absolute atomic E-state index is 0.00413. The Morgan fingerprint density at radius 2 is 1.78 bits per heavy atom. The smallest absolute Gasteiger partial charge is 0.257 e. The van der Waals surface area contributed by atoms with Crippen LogP contribution in [-0.2, 0) is 6.42 Å². The van der Waals surface area contributed by atoms with Gasteiger partial charge in [0.2, 0.25) is 5.43 Å². The fourth-order valence-corrected chi connectivity index (χ4v) is 3.19. The van der Waals surface area contributed by atoms with Crippen LogP contribution in [0.2, 0.25) is 0 Å². The lowest BCUT2D eigenvalue weighted by Gasteiger charge is -2.21. The first-order valence-corrected chi connectivity index (χ1v) is 9.85. The number of pyridine rings is 1.